The number of carbonyl (C=O) groups is 1. The summed E-state index contributed by atoms with van der Waals surface area (Å²) in [5, 5.41) is 26.7. The maximum Gasteiger partial charge on any atom is 0.293 e. The number of aromatic nitrogens is 2. The Morgan fingerprint density at radius 2 is 1.76 bits per heavy atom. The largest absolute Gasteiger partial charge is 0.468 e. The van der Waals surface area contributed by atoms with Gasteiger partial charge in [0.2, 0.25) is 5.88 Å². The highest BCUT2D eigenvalue weighted by molar-refractivity contribution is 7.90. The molecule has 2 aromatic heterocycles. The molecular formula is C51H60N8O8S. The third-order valence-corrected chi connectivity index (χ3v) is 17.5. The molecule has 6 heterocycles. The summed E-state index contributed by atoms with van der Waals surface area (Å²) in [7, 11) is -4.61. The summed E-state index contributed by atoms with van der Waals surface area (Å²) in [6, 6.07) is 22.6. The molecule has 11 rings (SSSR count). The number of benzene rings is 3. The number of anilines is 4. The van der Waals surface area contributed by atoms with Crippen LogP contribution < -0.4 is 24.6 Å². The molecule has 16 nitrogen and oxygen atoms in total. The zero-order valence-corrected chi connectivity index (χ0v) is 39.5. The molecule has 3 atom stereocenters. The molecule has 3 aromatic carbocycles. The second-order valence-electron chi connectivity index (χ2n) is 20.6. The van der Waals surface area contributed by atoms with Gasteiger partial charge in [0.15, 0.2) is 0 Å². The number of H-pyrrole nitrogens is 1. The van der Waals surface area contributed by atoms with Gasteiger partial charge in [0.05, 0.1) is 45.9 Å². The molecule has 4 aliphatic heterocycles. The minimum atomic E-state index is -4.61. The van der Waals surface area contributed by atoms with Gasteiger partial charge in [-0.25, -0.2) is 13.1 Å². The van der Waals surface area contributed by atoms with E-state index in [9.17, 15) is 28.4 Å². The van der Waals surface area contributed by atoms with Gasteiger partial charge in [0.25, 0.3) is 21.6 Å². The molecule has 3 saturated heterocycles. The topological polar surface area (TPSA) is 196 Å². The maximum absolute atomic E-state index is 14.6. The summed E-state index contributed by atoms with van der Waals surface area (Å²) >= 11 is 0. The SMILES string of the molecule is Cc1ccccc1[C@@H]1CCCN1C1CC2(CCN(c3ccc(C(=O)NS(=O)(=O)c4ccc(NC[C@H]5CC[C@@](C)(O)CC5)c([N+](=O)[O-])c4)c(N4c5cc6cc[nH]c6nc5O[C@@H]5COC[C@H]54)c3)CC2)C1. The number of hydrogen-bond donors (Lipinski definition) is 4. The van der Waals surface area contributed by atoms with Crippen LogP contribution in [-0.4, -0.2) is 102 Å². The van der Waals surface area contributed by atoms with Crippen LogP contribution in [-0.2, 0) is 14.8 Å². The number of piperidine rings is 1. The summed E-state index contributed by atoms with van der Waals surface area (Å²) in [4.78, 5) is 41.0. The van der Waals surface area contributed by atoms with Crippen molar-refractivity contribution in [3.63, 3.8) is 0 Å². The van der Waals surface area contributed by atoms with Gasteiger partial charge in [-0.05, 0) is 150 Å². The molecule has 2 aliphatic carbocycles. The lowest BCUT2D eigenvalue weighted by molar-refractivity contribution is -0.384. The Kier molecular flexibility index (Phi) is 11.4. The highest BCUT2D eigenvalue weighted by Gasteiger charge is 2.50. The number of fused-ring (bicyclic) bond motifs is 3. The molecule has 5 fully saturated rings. The van der Waals surface area contributed by atoms with E-state index in [1.165, 1.54) is 48.9 Å². The number of sulfonamides is 1. The van der Waals surface area contributed by atoms with Crippen LogP contribution >= 0.6 is 0 Å². The van der Waals surface area contributed by atoms with E-state index < -0.39 is 43.1 Å². The second kappa shape index (κ2) is 17.3. The summed E-state index contributed by atoms with van der Waals surface area (Å²) in [5.41, 5.74) is 4.95. The van der Waals surface area contributed by atoms with Gasteiger partial charge in [-0.1, -0.05) is 24.3 Å². The number of nitrogens with zero attached hydrogens (tertiary/aromatic N) is 5. The van der Waals surface area contributed by atoms with Crippen LogP contribution in [0.5, 0.6) is 5.88 Å². The van der Waals surface area contributed by atoms with Crippen molar-refractivity contribution in [1.29, 1.82) is 0 Å². The Hall–Kier alpha value is -5.75. The quantitative estimate of drug-likeness (QED) is 0.0733. The van der Waals surface area contributed by atoms with Crippen molar-refractivity contribution in [3.05, 3.63) is 106 Å². The minimum Gasteiger partial charge on any atom is -0.468 e. The third-order valence-electron chi connectivity index (χ3n) is 16.1. The lowest BCUT2D eigenvalue weighted by Gasteiger charge is -2.56. The van der Waals surface area contributed by atoms with Gasteiger partial charge >= 0.3 is 0 Å². The standard InChI is InChI=1S/C51H60N8O8S/c1-32-6-3-4-7-38(32)41-8-5-21-57(41)36-27-51(28-36)18-22-56(23-19-51)35-9-11-39(42(25-35)58-44-24-34-15-20-52-47(34)54-49(44)67-46-31-66-30-45(46)58)48(60)55-68(64,65)37-10-12-40(43(26-37)59(62)63)53-29-33-13-16-50(2,61)17-14-33/h3-4,6-7,9-12,15,20,24-26,33,36,41,45-46,53,61H,5,8,13-14,16-19,21-23,27-31H2,1-2H3,(H,52,54)(H,55,60)/t33-,41-,45+,46+,50+/m0/s1. The Bertz CT molecular complexity index is 2860. The van der Waals surface area contributed by atoms with E-state index in [4.69, 9.17) is 14.5 Å². The monoisotopic (exact) mass is 944 g/mol. The van der Waals surface area contributed by atoms with Crippen LogP contribution in [0, 0.1) is 28.4 Å². The third kappa shape index (κ3) is 8.34. The van der Waals surface area contributed by atoms with Crippen molar-refractivity contribution >= 4 is 55.4 Å². The number of aromatic amines is 1. The van der Waals surface area contributed by atoms with E-state index in [0.29, 0.717) is 73.0 Å². The molecule has 68 heavy (non-hydrogen) atoms. The lowest BCUT2D eigenvalue weighted by Crippen LogP contribution is -2.55. The molecule has 5 aromatic rings. The van der Waals surface area contributed by atoms with Crippen LogP contribution in [0.15, 0.2) is 83.9 Å². The molecule has 0 radical (unpaired) electrons. The molecule has 1 spiro atoms. The number of likely N-dealkylation sites (tertiary alicyclic amines) is 1. The predicted octanol–water partition coefficient (Wildman–Crippen LogP) is 8.14. The number of amides is 1. The fraction of sp³-hybridized carbons (Fsp3) is 0.490. The summed E-state index contributed by atoms with van der Waals surface area (Å²) in [5.74, 6) is -0.310. The van der Waals surface area contributed by atoms with E-state index in [2.05, 4.69) is 56.0 Å². The normalized spacial score (nSPS) is 26.0. The van der Waals surface area contributed by atoms with Gasteiger partial charge in [0, 0.05) is 55.1 Å². The van der Waals surface area contributed by atoms with Gasteiger partial charge in [-0.3, -0.25) is 19.8 Å². The molecule has 4 N–H and O–H groups in total. The van der Waals surface area contributed by atoms with Crippen molar-refractivity contribution in [2.45, 2.75) is 113 Å². The molecule has 0 bridgehead atoms. The van der Waals surface area contributed by atoms with Crippen LogP contribution in [0.4, 0.5) is 28.4 Å². The Balaban J connectivity index is 0.861. The average molecular weight is 945 g/mol. The minimum absolute atomic E-state index is 0.105. The fourth-order valence-electron chi connectivity index (χ4n) is 12.1. The van der Waals surface area contributed by atoms with Crippen molar-refractivity contribution in [3.8, 4) is 5.88 Å². The number of rotatable bonds is 11. The summed E-state index contributed by atoms with van der Waals surface area (Å²) in [6.07, 6.45) is 11.1. The Labute approximate surface area is 396 Å². The predicted molar refractivity (Wildman–Crippen MR) is 259 cm³/mol. The van der Waals surface area contributed by atoms with E-state index in [0.717, 1.165) is 62.5 Å². The summed E-state index contributed by atoms with van der Waals surface area (Å²) < 4.78 is 42.9. The molecule has 2 saturated carbocycles. The number of nitrogens with one attached hydrogen (secondary N) is 3. The van der Waals surface area contributed by atoms with Gasteiger partial charge in [0.1, 0.15) is 23.1 Å². The van der Waals surface area contributed by atoms with Crippen molar-refractivity contribution < 1.29 is 32.7 Å². The van der Waals surface area contributed by atoms with Crippen LogP contribution in [0.2, 0.25) is 0 Å². The maximum atomic E-state index is 14.6. The number of aliphatic hydroxyl groups is 1. The zero-order valence-electron chi connectivity index (χ0n) is 38.7. The zero-order chi connectivity index (χ0) is 47.0. The highest BCUT2D eigenvalue weighted by atomic mass is 32.2. The first kappa shape index (κ1) is 44.7. The van der Waals surface area contributed by atoms with Crippen molar-refractivity contribution in [2.24, 2.45) is 11.3 Å². The number of ether oxygens (including phenoxy) is 2. The van der Waals surface area contributed by atoms with Crippen molar-refractivity contribution in [1.82, 2.24) is 19.6 Å². The molecular weight excluding hydrogens is 885 g/mol. The smallest absolute Gasteiger partial charge is 0.293 e. The van der Waals surface area contributed by atoms with E-state index in [-0.39, 0.29) is 23.2 Å². The first-order valence-electron chi connectivity index (χ1n) is 24.3. The van der Waals surface area contributed by atoms with Gasteiger partial charge in [-0.2, -0.15) is 4.98 Å². The number of nitro benzene ring substituents is 1. The second-order valence-corrected chi connectivity index (χ2v) is 22.2. The number of hydrogen-bond acceptors (Lipinski definition) is 13. The highest BCUT2D eigenvalue weighted by Crippen LogP contribution is 2.54. The summed E-state index contributed by atoms with van der Waals surface area (Å²) in [6.45, 7) is 7.94. The molecule has 0 unspecified atom stereocenters. The Morgan fingerprint density at radius 3 is 2.54 bits per heavy atom. The molecule has 17 heteroatoms. The number of pyridine rings is 1. The molecule has 1 amide bonds. The average Bonchev–Trinajstić information content (AvgIpc) is 4.11. The number of nitro groups is 1. The van der Waals surface area contributed by atoms with E-state index >= 15 is 0 Å². The van der Waals surface area contributed by atoms with Gasteiger partial charge < -0.3 is 34.7 Å². The molecule has 6 aliphatic rings. The lowest BCUT2D eigenvalue weighted by atomic mass is 9.59. The Morgan fingerprint density at radius 1 is 0.971 bits per heavy atom. The van der Waals surface area contributed by atoms with E-state index in [1.54, 1.807) is 12.3 Å². The van der Waals surface area contributed by atoms with Crippen LogP contribution in [0.1, 0.15) is 98.7 Å². The van der Waals surface area contributed by atoms with Crippen LogP contribution in [0.25, 0.3) is 11.0 Å². The fourth-order valence-corrected chi connectivity index (χ4v) is 13.1. The number of aryl methyl sites for hydroxylation is 1. The van der Waals surface area contributed by atoms with Gasteiger partial charge in [-0.15, -0.1) is 0 Å². The first-order chi connectivity index (χ1) is 32.7. The van der Waals surface area contributed by atoms with E-state index in [1.807, 2.05) is 36.1 Å². The van der Waals surface area contributed by atoms with Crippen molar-refractivity contribution in [2.75, 3.05) is 54.5 Å². The number of carbonyl (C=O) groups excluding carboxylic acids is 1. The first-order valence-corrected chi connectivity index (χ1v) is 25.8. The molecule has 358 valence electrons. The van der Waals surface area contributed by atoms with Crippen LogP contribution in [0.3, 0.4) is 0 Å².